The van der Waals surface area contributed by atoms with Gasteiger partial charge in [0.2, 0.25) is 5.90 Å². The average molecular weight is 360 g/mol. The van der Waals surface area contributed by atoms with Crippen LogP contribution in [0.25, 0.3) is 0 Å². The molecule has 0 aliphatic rings. The minimum Gasteiger partial charge on any atom is -0.482 e. The maximum absolute atomic E-state index is 12.6. The molecule has 0 bridgehead atoms. The fraction of sp³-hybridized carbons (Fsp3) is 0.222. The lowest BCUT2D eigenvalue weighted by Gasteiger charge is -2.15. The fourth-order valence-corrected chi connectivity index (χ4v) is 3.13. The quantitative estimate of drug-likeness (QED) is 0.356. The zero-order valence-corrected chi connectivity index (χ0v) is 14.9. The minimum atomic E-state index is -3.83. The van der Waals surface area contributed by atoms with Gasteiger partial charge < -0.3 is 4.74 Å². The normalized spacial score (nSPS) is 13.1. The first-order chi connectivity index (χ1) is 12.0. The Morgan fingerprint density at radius 2 is 1.64 bits per heavy atom. The molecule has 0 aliphatic carbocycles. The number of hydrogen-bond donors (Lipinski definition) is 1. The number of benzene rings is 2. The molecule has 0 fully saturated rings. The molecule has 1 atom stereocenters. The van der Waals surface area contributed by atoms with Gasteiger partial charge in [-0.25, -0.2) is 0 Å². The number of nitrogens with zero attached hydrogens (tertiary/aromatic N) is 1. The van der Waals surface area contributed by atoms with E-state index in [2.05, 4.69) is 9.93 Å². The predicted octanol–water partition coefficient (Wildman–Crippen LogP) is 2.83. The van der Waals surface area contributed by atoms with E-state index in [9.17, 15) is 13.2 Å². The van der Waals surface area contributed by atoms with Crippen molar-refractivity contribution in [1.82, 2.24) is 4.83 Å². The van der Waals surface area contributed by atoms with Crippen molar-refractivity contribution in [2.24, 2.45) is 11.0 Å². The number of hydrazone groups is 1. The number of rotatable bonds is 7. The Balaban J connectivity index is 2.24. The zero-order valence-electron chi connectivity index (χ0n) is 14.0. The van der Waals surface area contributed by atoms with E-state index in [1.54, 1.807) is 42.5 Å². The van der Waals surface area contributed by atoms with Crippen molar-refractivity contribution >= 4 is 21.7 Å². The van der Waals surface area contributed by atoms with Gasteiger partial charge in [0.05, 0.1) is 17.9 Å². The lowest BCUT2D eigenvalue weighted by molar-refractivity contribution is 0.0940. The van der Waals surface area contributed by atoms with E-state index in [0.717, 1.165) is 0 Å². The van der Waals surface area contributed by atoms with Crippen LogP contribution in [0.1, 0.15) is 23.7 Å². The summed E-state index contributed by atoms with van der Waals surface area (Å²) in [4.78, 5) is 14.8. The van der Waals surface area contributed by atoms with Crippen molar-refractivity contribution in [2.75, 3.05) is 7.11 Å². The summed E-state index contributed by atoms with van der Waals surface area (Å²) in [5.41, 5.74) is 0.519. The van der Waals surface area contributed by atoms with Crippen molar-refractivity contribution < 1.29 is 17.9 Å². The summed E-state index contributed by atoms with van der Waals surface area (Å²) < 4.78 is 29.7. The van der Waals surface area contributed by atoms with Gasteiger partial charge in [-0.05, 0) is 18.6 Å². The van der Waals surface area contributed by atoms with Crippen LogP contribution in [0.2, 0.25) is 0 Å². The summed E-state index contributed by atoms with van der Waals surface area (Å²) in [7, 11) is -2.47. The Labute approximate surface area is 147 Å². The topological polar surface area (TPSA) is 84.8 Å². The van der Waals surface area contributed by atoms with Crippen molar-refractivity contribution in [3.63, 3.8) is 0 Å². The van der Waals surface area contributed by atoms with Crippen LogP contribution in [0.5, 0.6) is 0 Å². The molecule has 0 saturated carbocycles. The molecule has 0 heterocycles. The number of carbonyl (C=O) groups is 1. The predicted molar refractivity (Wildman–Crippen MR) is 95.8 cm³/mol. The molecule has 0 amide bonds. The minimum absolute atomic E-state index is 0.0239. The summed E-state index contributed by atoms with van der Waals surface area (Å²) in [5.74, 6) is -0.829. The Morgan fingerprint density at radius 3 is 2.16 bits per heavy atom. The van der Waals surface area contributed by atoms with Gasteiger partial charge in [0.25, 0.3) is 10.0 Å². The highest BCUT2D eigenvalue weighted by Crippen LogP contribution is 2.15. The van der Waals surface area contributed by atoms with Crippen LogP contribution in [-0.4, -0.2) is 27.2 Å². The van der Waals surface area contributed by atoms with Gasteiger partial charge in [0.1, 0.15) is 0 Å². The highest BCUT2D eigenvalue weighted by atomic mass is 32.2. The molecule has 25 heavy (non-hydrogen) atoms. The molecule has 1 unspecified atom stereocenters. The molecule has 132 valence electrons. The molecule has 0 radical (unpaired) electrons. The summed E-state index contributed by atoms with van der Waals surface area (Å²) in [6.07, 6.45) is 0.424. The second kappa shape index (κ2) is 8.43. The number of methoxy groups -OCH3 is 1. The molecule has 0 aromatic heterocycles. The van der Waals surface area contributed by atoms with Gasteiger partial charge in [0.15, 0.2) is 5.78 Å². The van der Waals surface area contributed by atoms with Crippen LogP contribution in [0.4, 0.5) is 0 Å². The van der Waals surface area contributed by atoms with E-state index in [4.69, 9.17) is 4.74 Å². The van der Waals surface area contributed by atoms with Crippen molar-refractivity contribution in [3.05, 3.63) is 66.2 Å². The molecule has 0 saturated heterocycles. The molecule has 0 aliphatic heterocycles. The van der Waals surface area contributed by atoms with E-state index in [1.807, 2.05) is 13.0 Å². The summed E-state index contributed by atoms with van der Waals surface area (Å²) in [6, 6.07) is 16.6. The summed E-state index contributed by atoms with van der Waals surface area (Å²) in [6.45, 7) is 1.81. The molecule has 6 nitrogen and oxygen atoms in total. The standard InChI is InChI=1S/C18H20N2O4S/c1-3-16(17(21)14-10-6-4-7-11-14)18(24-2)19-20-25(22,23)15-12-8-5-9-13-15/h4-13,16,20H,3H2,1-2H3. The maximum Gasteiger partial charge on any atom is 0.276 e. The Hall–Kier alpha value is -2.67. The van der Waals surface area contributed by atoms with Gasteiger partial charge >= 0.3 is 0 Å². The third-order valence-electron chi connectivity index (χ3n) is 3.62. The van der Waals surface area contributed by atoms with Crippen molar-refractivity contribution in [3.8, 4) is 0 Å². The second-order valence-corrected chi connectivity index (χ2v) is 6.91. The first-order valence-electron chi connectivity index (χ1n) is 7.77. The van der Waals surface area contributed by atoms with Crippen molar-refractivity contribution in [1.29, 1.82) is 0 Å². The molecule has 2 aromatic rings. The van der Waals surface area contributed by atoms with Crippen LogP contribution in [-0.2, 0) is 14.8 Å². The van der Waals surface area contributed by atoms with Crippen LogP contribution in [0, 0.1) is 5.92 Å². The van der Waals surface area contributed by atoms with E-state index in [-0.39, 0.29) is 16.6 Å². The number of carbonyl (C=O) groups excluding carboxylic acids is 1. The first kappa shape index (κ1) is 18.7. The third-order valence-corrected chi connectivity index (χ3v) is 4.84. The van der Waals surface area contributed by atoms with E-state index >= 15 is 0 Å². The number of nitrogens with one attached hydrogen (secondary N) is 1. The second-order valence-electron chi connectivity index (χ2n) is 5.25. The highest BCUT2D eigenvalue weighted by Gasteiger charge is 2.26. The number of sulfonamides is 1. The molecule has 2 aromatic carbocycles. The summed E-state index contributed by atoms with van der Waals surface area (Å²) in [5, 5.41) is 3.84. The molecule has 2 rings (SSSR count). The van der Waals surface area contributed by atoms with Crippen LogP contribution in [0.3, 0.4) is 0 Å². The van der Waals surface area contributed by atoms with Gasteiger partial charge in [-0.3, -0.25) is 4.79 Å². The van der Waals surface area contributed by atoms with Gasteiger partial charge in [0, 0.05) is 5.56 Å². The molecule has 1 N–H and O–H groups in total. The van der Waals surface area contributed by atoms with E-state index < -0.39 is 15.9 Å². The van der Waals surface area contributed by atoms with Gasteiger partial charge in [-0.2, -0.15) is 13.2 Å². The van der Waals surface area contributed by atoms with E-state index in [0.29, 0.717) is 12.0 Å². The molecule has 7 heteroatoms. The SMILES string of the molecule is CCC(C(=O)c1ccccc1)C(=NNS(=O)(=O)c1ccccc1)OC. The lowest BCUT2D eigenvalue weighted by Crippen LogP contribution is -2.29. The number of Topliss-reactive ketones (excluding diaryl/α,β-unsaturated/α-hetero) is 1. The van der Waals surface area contributed by atoms with Gasteiger partial charge in [-0.15, -0.1) is 5.10 Å². The smallest absolute Gasteiger partial charge is 0.276 e. The van der Waals surface area contributed by atoms with Crippen LogP contribution in [0.15, 0.2) is 70.7 Å². The van der Waals surface area contributed by atoms with Crippen molar-refractivity contribution in [2.45, 2.75) is 18.2 Å². The highest BCUT2D eigenvalue weighted by molar-refractivity contribution is 7.89. The fourth-order valence-electron chi connectivity index (χ4n) is 2.30. The van der Waals surface area contributed by atoms with Crippen LogP contribution < -0.4 is 4.83 Å². The van der Waals surface area contributed by atoms with Gasteiger partial charge in [-0.1, -0.05) is 55.5 Å². The van der Waals surface area contributed by atoms with Crippen LogP contribution >= 0.6 is 0 Å². The molecular weight excluding hydrogens is 340 g/mol. The molecule has 0 spiro atoms. The number of ketones is 1. The lowest BCUT2D eigenvalue weighted by atomic mass is 9.95. The Bertz CT molecular complexity index is 834. The van der Waals surface area contributed by atoms with E-state index in [1.165, 1.54) is 19.2 Å². The summed E-state index contributed by atoms with van der Waals surface area (Å²) >= 11 is 0. The first-order valence-corrected chi connectivity index (χ1v) is 9.25. The monoisotopic (exact) mass is 360 g/mol. The molecular formula is C18H20N2O4S. The zero-order chi connectivity index (χ0) is 18.3. The Kier molecular flexibility index (Phi) is 6.30. The number of hydrogen-bond acceptors (Lipinski definition) is 5. The third kappa shape index (κ3) is 4.67. The number of ether oxygens (including phenoxy) is 1. The Morgan fingerprint density at radius 1 is 1.08 bits per heavy atom. The largest absolute Gasteiger partial charge is 0.482 e. The maximum atomic E-state index is 12.6. The average Bonchev–Trinajstić information content (AvgIpc) is 2.66.